The predicted molar refractivity (Wildman–Crippen MR) is 116 cm³/mol. The van der Waals surface area contributed by atoms with Gasteiger partial charge in [-0.1, -0.05) is 54.6 Å². The smallest absolute Gasteiger partial charge is 0.222 e. The van der Waals surface area contributed by atoms with Gasteiger partial charge in [-0.25, -0.2) is 0 Å². The molecule has 4 N–H and O–H groups in total. The first kappa shape index (κ1) is 19.9. The lowest BCUT2D eigenvalue weighted by Crippen LogP contribution is -2.25. The van der Waals surface area contributed by atoms with Crippen molar-refractivity contribution >= 4 is 17.6 Å². The zero-order valence-corrected chi connectivity index (χ0v) is 16.0. The Morgan fingerprint density at radius 2 is 1.59 bits per heavy atom. The average Bonchev–Trinajstić information content (AvgIpc) is 2.74. The van der Waals surface area contributed by atoms with Crippen molar-refractivity contribution in [1.29, 1.82) is 0 Å². The molecule has 0 aliphatic carbocycles. The minimum Gasteiger partial charge on any atom is -0.457 e. The molecule has 29 heavy (non-hydrogen) atoms. The van der Waals surface area contributed by atoms with E-state index in [1.807, 2.05) is 84.9 Å². The second kappa shape index (κ2) is 10.5. The van der Waals surface area contributed by atoms with Crippen molar-refractivity contribution < 1.29 is 9.53 Å². The Bertz CT molecular complexity index is 943. The summed E-state index contributed by atoms with van der Waals surface area (Å²) >= 11 is 0. The number of hydrogen-bond donors (Lipinski definition) is 3. The van der Waals surface area contributed by atoms with Gasteiger partial charge < -0.3 is 21.1 Å². The van der Waals surface area contributed by atoms with Gasteiger partial charge in [-0.2, -0.15) is 0 Å². The van der Waals surface area contributed by atoms with Gasteiger partial charge in [0.25, 0.3) is 0 Å². The number of hydrogen-bond acceptors (Lipinski definition) is 3. The maximum absolute atomic E-state index is 11.9. The fourth-order valence-corrected chi connectivity index (χ4v) is 2.61. The molecule has 3 rings (SSSR count). The van der Waals surface area contributed by atoms with Crippen molar-refractivity contribution in [3.05, 3.63) is 90.5 Å². The number of para-hydroxylation sites is 1. The van der Waals surface area contributed by atoms with E-state index in [4.69, 9.17) is 10.5 Å². The van der Waals surface area contributed by atoms with E-state index in [1.54, 1.807) is 0 Å². The Morgan fingerprint density at radius 1 is 0.897 bits per heavy atom. The normalized spacial score (nSPS) is 11.0. The monoisotopic (exact) mass is 388 g/mol. The molecule has 0 aliphatic rings. The molecule has 0 aliphatic heterocycles. The van der Waals surface area contributed by atoms with Gasteiger partial charge in [0.05, 0.1) is 6.54 Å². The molecule has 6 heteroatoms. The average molecular weight is 388 g/mol. The topological polar surface area (TPSA) is 88.7 Å². The highest BCUT2D eigenvalue weighted by molar-refractivity contribution is 5.92. The first-order chi connectivity index (χ1) is 14.2. The fourth-order valence-electron chi connectivity index (χ4n) is 2.61. The first-order valence-electron chi connectivity index (χ1n) is 9.39. The minimum atomic E-state index is -0.0661. The van der Waals surface area contributed by atoms with Gasteiger partial charge in [-0.3, -0.25) is 9.79 Å². The van der Waals surface area contributed by atoms with Gasteiger partial charge >= 0.3 is 0 Å². The lowest BCUT2D eigenvalue weighted by atomic mass is 10.2. The number of benzene rings is 3. The molecule has 0 heterocycles. The third-order valence-electron chi connectivity index (χ3n) is 4.04. The third-order valence-corrected chi connectivity index (χ3v) is 4.04. The number of anilines is 1. The van der Waals surface area contributed by atoms with Crippen LogP contribution in [0.5, 0.6) is 11.5 Å². The second-order valence-electron chi connectivity index (χ2n) is 6.35. The van der Waals surface area contributed by atoms with Crippen molar-refractivity contribution in [2.45, 2.75) is 13.0 Å². The summed E-state index contributed by atoms with van der Waals surface area (Å²) in [6, 6.07) is 26.7. The molecular formula is C23H24N4O2. The second-order valence-corrected chi connectivity index (χ2v) is 6.35. The minimum absolute atomic E-state index is 0.0661. The van der Waals surface area contributed by atoms with Gasteiger partial charge in [0, 0.05) is 24.7 Å². The molecule has 3 aromatic carbocycles. The van der Waals surface area contributed by atoms with Crippen molar-refractivity contribution in [3.63, 3.8) is 0 Å². The molecule has 0 fully saturated rings. The van der Waals surface area contributed by atoms with E-state index >= 15 is 0 Å². The Hall–Kier alpha value is -3.80. The van der Waals surface area contributed by atoms with Gasteiger partial charge in [0.15, 0.2) is 5.96 Å². The van der Waals surface area contributed by atoms with E-state index in [-0.39, 0.29) is 18.3 Å². The molecule has 0 saturated heterocycles. The fraction of sp³-hybridized carbons (Fsp3) is 0.130. The van der Waals surface area contributed by atoms with E-state index < -0.39 is 0 Å². The van der Waals surface area contributed by atoms with Gasteiger partial charge in [-0.15, -0.1) is 0 Å². The molecule has 6 nitrogen and oxygen atoms in total. The molecule has 0 spiro atoms. The van der Waals surface area contributed by atoms with Crippen molar-refractivity contribution in [3.8, 4) is 11.5 Å². The van der Waals surface area contributed by atoms with Crippen molar-refractivity contribution in [2.24, 2.45) is 10.7 Å². The van der Waals surface area contributed by atoms with Crippen LogP contribution in [0.1, 0.15) is 12.0 Å². The number of nitrogens with two attached hydrogens (primary N) is 1. The highest BCUT2D eigenvalue weighted by Crippen LogP contribution is 2.23. The van der Waals surface area contributed by atoms with E-state index in [0.29, 0.717) is 18.8 Å². The summed E-state index contributed by atoms with van der Waals surface area (Å²) < 4.78 is 5.80. The van der Waals surface area contributed by atoms with Crippen LogP contribution in [-0.2, 0) is 11.3 Å². The molecule has 0 aromatic heterocycles. The molecule has 0 unspecified atom stereocenters. The molecule has 0 radical (unpaired) electrons. The van der Waals surface area contributed by atoms with Crippen LogP contribution in [0.15, 0.2) is 89.9 Å². The lowest BCUT2D eigenvalue weighted by molar-refractivity contribution is -0.121. The van der Waals surface area contributed by atoms with Gasteiger partial charge in [-0.05, 0) is 29.8 Å². The molecule has 0 atom stereocenters. The Balaban J connectivity index is 1.44. The summed E-state index contributed by atoms with van der Waals surface area (Å²) in [6.45, 7) is 0.811. The molecule has 0 saturated carbocycles. The number of carbonyl (C=O) groups is 1. The Morgan fingerprint density at radius 3 is 2.34 bits per heavy atom. The number of aliphatic imine (C=N–C) groups is 1. The summed E-state index contributed by atoms with van der Waals surface area (Å²) in [7, 11) is 0. The zero-order chi connectivity index (χ0) is 20.3. The molecule has 1 amide bonds. The highest BCUT2D eigenvalue weighted by atomic mass is 16.5. The van der Waals surface area contributed by atoms with E-state index in [1.165, 1.54) is 0 Å². The maximum Gasteiger partial charge on any atom is 0.222 e. The summed E-state index contributed by atoms with van der Waals surface area (Å²) in [6.07, 6.45) is 0.270. The highest BCUT2D eigenvalue weighted by Gasteiger charge is 2.02. The largest absolute Gasteiger partial charge is 0.457 e. The van der Waals surface area contributed by atoms with E-state index in [0.717, 1.165) is 17.0 Å². The number of ether oxygens (including phenoxy) is 1. The predicted octanol–water partition coefficient (Wildman–Crippen LogP) is 3.91. The van der Waals surface area contributed by atoms with Crippen LogP contribution in [-0.4, -0.2) is 18.4 Å². The number of rotatable bonds is 8. The molecule has 148 valence electrons. The van der Waals surface area contributed by atoms with E-state index in [2.05, 4.69) is 15.6 Å². The van der Waals surface area contributed by atoms with Crippen LogP contribution < -0.4 is 21.1 Å². The summed E-state index contributed by atoms with van der Waals surface area (Å²) in [5.41, 5.74) is 7.74. The van der Waals surface area contributed by atoms with Crippen molar-refractivity contribution in [1.82, 2.24) is 5.32 Å². The van der Waals surface area contributed by atoms with Crippen LogP contribution in [0.2, 0.25) is 0 Å². The van der Waals surface area contributed by atoms with Crippen LogP contribution in [0.4, 0.5) is 5.69 Å². The first-order valence-corrected chi connectivity index (χ1v) is 9.39. The number of nitrogens with one attached hydrogen (secondary N) is 2. The maximum atomic E-state index is 11.9. The summed E-state index contributed by atoms with van der Waals surface area (Å²) in [5.74, 6) is 1.63. The number of carbonyl (C=O) groups excluding carboxylic acids is 1. The number of amides is 1. The summed E-state index contributed by atoms with van der Waals surface area (Å²) in [5, 5.41) is 5.88. The van der Waals surface area contributed by atoms with Crippen LogP contribution in [0, 0.1) is 0 Å². The van der Waals surface area contributed by atoms with E-state index in [9.17, 15) is 4.79 Å². The number of nitrogens with zero attached hydrogens (tertiary/aromatic N) is 1. The number of guanidine groups is 1. The van der Waals surface area contributed by atoms with Crippen LogP contribution >= 0.6 is 0 Å². The van der Waals surface area contributed by atoms with Crippen molar-refractivity contribution in [2.75, 3.05) is 11.9 Å². The molecule has 0 bridgehead atoms. The Kier molecular flexibility index (Phi) is 7.23. The standard InChI is InChI=1S/C23H24N4O2/c24-23(25-15-14-22(28)26-17-18-8-3-1-4-9-18)27-19-10-7-13-21(16-19)29-20-11-5-2-6-12-20/h1-13,16H,14-15,17H2,(H,26,28)(H3,24,25,27). The van der Waals surface area contributed by atoms with Crippen LogP contribution in [0.25, 0.3) is 0 Å². The van der Waals surface area contributed by atoms with Gasteiger partial charge in [0.2, 0.25) is 5.91 Å². The lowest BCUT2D eigenvalue weighted by Gasteiger charge is -2.09. The van der Waals surface area contributed by atoms with Crippen LogP contribution in [0.3, 0.4) is 0 Å². The third kappa shape index (κ3) is 7.03. The SMILES string of the molecule is NC(=NCCC(=O)NCc1ccccc1)Nc1cccc(Oc2ccccc2)c1. The Labute approximate surface area is 170 Å². The zero-order valence-electron chi connectivity index (χ0n) is 16.0. The molecule has 3 aromatic rings. The molecular weight excluding hydrogens is 364 g/mol. The summed E-state index contributed by atoms with van der Waals surface area (Å²) in [4.78, 5) is 16.1. The van der Waals surface area contributed by atoms with Gasteiger partial charge in [0.1, 0.15) is 11.5 Å². The quantitative estimate of drug-likeness (QED) is 0.403.